The van der Waals surface area contributed by atoms with Crippen LogP contribution in [-0.2, 0) is 4.74 Å². The molecule has 84 valence electrons. The summed E-state index contributed by atoms with van der Waals surface area (Å²) >= 11 is 0. The summed E-state index contributed by atoms with van der Waals surface area (Å²) < 4.78 is 5.24. The van der Waals surface area contributed by atoms with Gasteiger partial charge in [0.2, 0.25) is 0 Å². The van der Waals surface area contributed by atoms with Gasteiger partial charge in [-0.15, -0.1) is 0 Å². The molecule has 0 aromatic carbocycles. The van der Waals surface area contributed by atoms with Crippen molar-refractivity contribution < 1.29 is 9.84 Å². The summed E-state index contributed by atoms with van der Waals surface area (Å²) in [7, 11) is 1.71. The van der Waals surface area contributed by atoms with E-state index in [1.54, 1.807) is 7.11 Å². The molecule has 0 saturated heterocycles. The zero-order valence-electron chi connectivity index (χ0n) is 9.33. The molecule has 0 aromatic heterocycles. The van der Waals surface area contributed by atoms with Crippen molar-refractivity contribution in [2.75, 3.05) is 20.3 Å². The highest BCUT2D eigenvalue weighted by molar-refractivity contribution is 4.88. The van der Waals surface area contributed by atoms with Gasteiger partial charge in [-0.3, -0.25) is 0 Å². The highest BCUT2D eigenvalue weighted by Crippen LogP contribution is 2.42. The number of nitrogens with two attached hydrogens (primary N) is 1. The third kappa shape index (κ3) is 3.23. The average molecular weight is 201 g/mol. The van der Waals surface area contributed by atoms with E-state index in [-0.39, 0.29) is 18.1 Å². The molecule has 0 aliphatic heterocycles. The second kappa shape index (κ2) is 5.10. The third-order valence-corrected chi connectivity index (χ3v) is 3.31. The molecule has 0 aromatic rings. The second-order valence-corrected chi connectivity index (χ2v) is 4.76. The smallest absolute Gasteiger partial charge is 0.0549 e. The Balaban J connectivity index is 2.48. The first-order valence-electron chi connectivity index (χ1n) is 5.49. The molecule has 2 unspecified atom stereocenters. The van der Waals surface area contributed by atoms with Crippen LogP contribution >= 0.6 is 0 Å². The van der Waals surface area contributed by atoms with Gasteiger partial charge in [0.15, 0.2) is 0 Å². The lowest BCUT2D eigenvalue weighted by Gasteiger charge is -2.32. The molecular formula is C11H23NO2. The third-order valence-electron chi connectivity index (χ3n) is 3.31. The van der Waals surface area contributed by atoms with E-state index >= 15 is 0 Å². The lowest BCUT2D eigenvalue weighted by molar-refractivity contribution is 0.0284. The second-order valence-electron chi connectivity index (χ2n) is 4.76. The molecule has 2 atom stereocenters. The summed E-state index contributed by atoms with van der Waals surface area (Å²) in [5.74, 6) is 0.801. The number of aliphatic hydroxyl groups is 1. The van der Waals surface area contributed by atoms with Gasteiger partial charge < -0.3 is 15.6 Å². The van der Waals surface area contributed by atoms with Crippen molar-refractivity contribution in [1.29, 1.82) is 0 Å². The quantitative estimate of drug-likeness (QED) is 0.649. The topological polar surface area (TPSA) is 55.5 Å². The van der Waals surface area contributed by atoms with Gasteiger partial charge in [0.25, 0.3) is 0 Å². The van der Waals surface area contributed by atoms with Gasteiger partial charge in [0.05, 0.1) is 12.7 Å². The molecule has 0 radical (unpaired) electrons. The van der Waals surface area contributed by atoms with E-state index in [0.29, 0.717) is 6.54 Å². The van der Waals surface area contributed by atoms with Crippen molar-refractivity contribution in [2.24, 2.45) is 17.1 Å². The van der Waals surface area contributed by atoms with Crippen LogP contribution in [0.1, 0.15) is 32.6 Å². The van der Waals surface area contributed by atoms with Crippen LogP contribution in [0.25, 0.3) is 0 Å². The van der Waals surface area contributed by atoms with Crippen LogP contribution < -0.4 is 5.73 Å². The number of hydrogen-bond acceptors (Lipinski definition) is 3. The minimum Gasteiger partial charge on any atom is -0.396 e. The molecule has 1 saturated carbocycles. The fraction of sp³-hybridized carbons (Fsp3) is 1.00. The fourth-order valence-electron chi connectivity index (χ4n) is 2.07. The van der Waals surface area contributed by atoms with E-state index in [2.05, 4.69) is 0 Å². The van der Waals surface area contributed by atoms with Crippen LogP contribution in [0.4, 0.5) is 0 Å². The van der Waals surface area contributed by atoms with Crippen molar-refractivity contribution in [3.8, 4) is 0 Å². The highest BCUT2D eigenvalue weighted by atomic mass is 16.5. The number of rotatable bonds is 7. The molecule has 0 amide bonds. The number of methoxy groups -OCH3 is 1. The van der Waals surface area contributed by atoms with Crippen LogP contribution in [0, 0.1) is 11.3 Å². The Morgan fingerprint density at radius 2 is 2.21 bits per heavy atom. The Bertz CT molecular complexity index is 165. The minimum absolute atomic E-state index is 0.101. The Morgan fingerprint density at radius 1 is 1.57 bits per heavy atom. The molecule has 0 spiro atoms. The van der Waals surface area contributed by atoms with E-state index in [1.807, 2.05) is 6.92 Å². The normalized spacial score (nSPS) is 23.1. The fourth-order valence-corrected chi connectivity index (χ4v) is 2.07. The van der Waals surface area contributed by atoms with Gasteiger partial charge in [0, 0.05) is 19.1 Å². The number of hydrogen-bond donors (Lipinski definition) is 2. The molecule has 3 N–H and O–H groups in total. The highest BCUT2D eigenvalue weighted by Gasteiger charge is 2.36. The van der Waals surface area contributed by atoms with Crippen molar-refractivity contribution in [3.63, 3.8) is 0 Å². The van der Waals surface area contributed by atoms with Crippen molar-refractivity contribution in [3.05, 3.63) is 0 Å². The zero-order valence-corrected chi connectivity index (χ0v) is 9.33. The molecule has 3 nitrogen and oxygen atoms in total. The Kier molecular flexibility index (Phi) is 4.35. The molecule has 0 heterocycles. The maximum absolute atomic E-state index is 9.46. The van der Waals surface area contributed by atoms with E-state index in [4.69, 9.17) is 10.5 Å². The maximum atomic E-state index is 9.46. The summed E-state index contributed by atoms with van der Waals surface area (Å²) in [5.41, 5.74) is 5.68. The van der Waals surface area contributed by atoms with Crippen molar-refractivity contribution in [1.82, 2.24) is 0 Å². The lowest BCUT2D eigenvalue weighted by atomic mass is 9.78. The van der Waals surface area contributed by atoms with Gasteiger partial charge >= 0.3 is 0 Å². The van der Waals surface area contributed by atoms with E-state index < -0.39 is 0 Å². The summed E-state index contributed by atoms with van der Waals surface area (Å²) in [6.45, 7) is 2.79. The van der Waals surface area contributed by atoms with Gasteiger partial charge in [-0.1, -0.05) is 12.8 Å². The van der Waals surface area contributed by atoms with Crippen LogP contribution in [0.3, 0.4) is 0 Å². The molecule has 0 bridgehead atoms. The molecule has 1 fully saturated rings. The van der Waals surface area contributed by atoms with Gasteiger partial charge in [0.1, 0.15) is 0 Å². The molecule has 14 heavy (non-hydrogen) atoms. The first-order valence-corrected chi connectivity index (χ1v) is 5.49. The average Bonchev–Trinajstić information content (AvgIpc) is 3.00. The zero-order chi connectivity index (χ0) is 10.6. The molecule has 3 heteroatoms. The Hall–Kier alpha value is -0.120. The van der Waals surface area contributed by atoms with Crippen LogP contribution in [0.5, 0.6) is 0 Å². The molecule has 1 aliphatic carbocycles. The summed E-state index contributed by atoms with van der Waals surface area (Å²) in [6, 6.07) is 0. The largest absolute Gasteiger partial charge is 0.396 e. The first kappa shape index (κ1) is 12.0. The molecular weight excluding hydrogens is 178 g/mol. The first-order chi connectivity index (χ1) is 6.65. The number of aliphatic hydroxyl groups excluding tert-OH is 1. The molecule has 1 rings (SSSR count). The predicted molar refractivity (Wildman–Crippen MR) is 57.0 cm³/mol. The lowest BCUT2D eigenvalue weighted by Crippen LogP contribution is -2.38. The monoisotopic (exact) mass is 201 g/mol. The SMILES string of the molecule is COC(C)CC(CN)(CO)CC1CC1. The van der Waals surface area contributed by atoms with E-state index in [9.17, 15) is 5.11 Å². The summed E-state index contributed by atoms with van der Waals surface area (Å²) in [4.78, 5) is 0. The van der Waals surface area contributed by atoms with E-state index in [1.165, 1.54) is 12.8 Å². The maximum Gasteiger partial charge on any atom is 0.0549 e. The van der Waals surface area contributed by atoms with E-state index in [0.717, 1.165) is 18.8 Å². The van der Waals surface area contributed by atoms with Crippen LogP contribution in [-0.4, -0.2) is 31.5 Å². The van der Waals surface area contributed by atoms with Gasteiger partial charge in [-0.25, -0.2) is 0 Å². The Morgan fingerprint density at radius 3 is 2.57 bits per heavy atom. The van der Waals surface area contributed by atoms with Crippen molar-refractivity contribution >= 4 is 0 Å². The predicted octanol–water partition coefficient (Wildman–Crippen LogP) is 1.15. The van der Waals surface area contributed by atoms with Gasteiger partial charge in [-0.2, -0.15) is 0 Å². The van der Waals surface area contributed by atoms with Crippen LogP contribution in [0.2, 0.25) is 0 Å². The van der Waals surface area contributed by atoms with Gasteiger partial charge in [-0.05, 0) is 25.7 Å². The Labute approximate surface area is 86.6 Å². The summed E-state index contributed by atoms with van der Waals surface area (Å²) in [6.07, 6.45) is 4.73. The van der Waals surface area contributed by atoms with Crippen molar-refractivity contribution in [2.45, 2.75) is 38.7 Å². The minimum atomic E-state index is -0.101. The standard InChI is InChI=1S/C11H23NO2/c1-9(14-2)5-11(7-12,8-13)6-10-3-4-10/h9-10,13H,3-8,12H2,1-2H3. The van der Waals surface area contributed by atoms with Crippen LogP contribution in [0.15, 0.2) is 0 Å². The molecule has 1 aliphatic rings. The summed E-state index contributed by atoms with van der Waals surface area (Å²) in [5, 5.41) is 9.46. The number of ether oxygens (including phenoxy) is 1.